The van der Waals surface area contributed by atoms with Crippen molar-refractivity contribution in [3.63, 3.8) is 0 Å². The van der Waals surface area contributed by atoms with E-state index in [1.54, 1.807) is 27.0 Å². The molecule has 0 saturated carbocycles. The zero-order valence-electron chi connectivity index (χ0n) is 14.2. The molecule has 0 amide bonds. The van der Waals surface area contributed by atoms with Gasteiger partial charge in [0.1, 0.15) is 11.5 Å². The van der Waals surface area contributed by atoms with Crippen LogP contribution in [0.3, 0.4) is 0 Å². The third-order valence-corrected chi connectivity index (χ3v) is 4.04. The molecule has 0 spiro atoms. The molecule has 0 aliphatic carbocycles. The summed E-state index contributed by atoms with van der Waals surface area (Å²) in [6.45, 7) is 3.58. The first-order chi connectivity index (χ1) is 10.9. The zero-order valence-corrected chi connectivity index (χ0v) is 14.2. The Morgan fingerprint density at radius 1 is 1.00 bits per heavy atom. The number of aliphatic hydroxyl groups is 1. The smallest absolute Gasteiger partial charge is 0.122 e. The molecule has 0 radical (unpaired) electrons. The Balaban J connectivity index is 2.21. The maximum Gasteiger partial charge on any atom is 0.122 e. The molecule has 0 atom stereocenters. The van der Waals surface area contributed by atoms with Crippen molar-refractivity contribution in [2.45, 2.75) is 45.1 Å². The maximum absolute atomic E-state index is 10.3. The number of phenolic OH excluding ortho intramolecular Hbond substituents is 1. The second-order valence-electron chi connectivity index (χ2n) is 6.58. The number of hydrogen-bond acceptors (Lipinski definition) is 3. The number of aryl methyl sites for hydroxylation is 2. The molecule has 0 bridgehead atoms. The number of rotatable bonds is 7. The van der Waals surface area contributed by atoms with E-state index < -0.39 is 5.60 Å². The van der Waals surface area contributed by atoms with Crippen LogP contribution in [0, 0.1) is 0 Å². The molecule has 2 aromatic carbocycles. The molecule has 124 valence electrons. The van der Waals surface area contributed by atoms with Gasteiger partial charge in [-0.25, -0.2) is 0 Å². The van der Waals surface area contributed by atoms with Crippen LogP contribution in [-0.4, -0.2) is 22.9 Å². The molecule has 2 aromatic rings. The molecule has 23 heavy (non-hydrogen) atoms. The minimum absolute atomic E-state index is 0.247. The third kappa shape index (κ3) is 5.29. The number of benzene rings is 2. The predicted octanol–water partition coefficient (Wildman–Crippen LogP) is 3.89. The molecule has 0 saturated heterocycles. The van der Waals surface area contributed by atoms with Crippen molar-refractivity contribution in [1.29, 1.82) is 0 Å². The summed E-state index contributed by atoms with van der Waals surface area (Å²) in [5.74, 6) is 0.911. The Morgan fingerprint density at radius 3 is 2.30 bits per heavy atom. The van der Waals surface area contributed by atoms with E-state index in [1.165, 1.54) is 5.56 Å². The van der Waals surface area contributed by atoms with Gasteiger partial charge in [-0.05, 0) is 62.3 Å². The lowest BCUT2D eigenvalue weighted by atomic mass is 9.92. The quantitative estimate of drug-likeness (QED) is 0.815. The van der Waals surface area contributed by atoms with Gasteiger partial charge in [0.2, 0.25) is 0 Å². The second kappa shape index (κ2) is 7.51. The second-order valence-corrected chi connectivity index (χ2v) is 6.58. The lowest BCUT2D eigenvalue weighted by Gasteiger charge is -2.19. The van der Waals surface area contributed by atoms with Crippen LogP contribution in [-0.2, 0) is 19.3 Å². The molecular weight excluding hydrogens is 288 g/mol. The highest BCUT2D eigenvalue weighted by atomic mass is 16.5. The van der Waals surface area contributed by atoms with Gasteiger partial charge in [-0.2, -0.15) is 0 Å². The average Bonchev–Trinajstić information content (AvgIpc) is 2.51. The number of methoxy groups -OCH3 is 1. The Kier molecular flexibility index (Phi) is 5.67. The van der Waals surface area contributed by atoms with Crippen LogP contribution < -0.4 is 4.74 Å². The summed E-state index contributed by atoms with van der Waals surface area (Å²) in [6.07, 6.45) is 2.98. The van der Waals surface area contributed by atoms with Crippen LogP contribution in [0.15, 0.2) is 42.5 Å². The molecule has 0 aromatic heterocycles. The number of aromatic hydroxyl groups is 1. The fourth-order valence-electron chi connectivity index (χ4n) is 2.67. The molecule has 3 nitrogen and oxygen atoms in total. The lowest BCUT2D eigenvalue weighted by molar-refractivity contribution is 0.0712. The van der Waals surface area contributed by atoms with Crippen LogP contribution in [0.25, 0.3) is 0 Å². The van der Waals surface area contributed by atoms with Crippen LogP contribution in [0.4, 0.5) is 0 Å². The van der Waals surface area contributed by atoms with Crippen molar-refractivity contribution < 1.29 is 14.9 Å². The van der Waals surface area contributed by atoms with Crippen molar-refractivity contribution in [3.8, 4) is 11.5 Å². The monoisotopic (exact) mass is 314 g/mol. The molecule has 0 heterocycles. The van der Waals surface area contributed by atoms with Gasteiger partial charge >= 0.3 is 0 Å². The molecule has 2 N–H and O–H groups in total. The Morgan fingerprint density at radius 2 is 1.70 bits per heavy atom. The highest BCUT2D eigenvalue weighted by Crippen LogP contribution is 2.31. The Hall–Kier alpha value is -2.00. The normalized spacial score (nSPS) is 11.5. The van der Waals surface area contributed by atoms with Crippen LogP contribution in [0.2, 0.25) is 0 Å². The summed E-state index contributed by atoms with van der Waals surface area (Å²) < 4.78 is 5.28. The molecule has 0 aliphatic heterocycles. The fraction of sp³-hybridized carbons (Fsp3) is 0.400. The molecule has 3 heteroatoms. The van der Waals surface area contributed by atoms with Gasteiger partial charge in [0.05, 0.1) is 12.7 Å². The van der Waals surface area contributed by atoms with E-state index in [4.69, 9.17) is 4.74 Å². The lowest BCUT2D eigenvalue weighted by Crippen LogP contribution is -2.19. The Labute approximate surface area is 138 Å². The summed E-state index contributed by atoms with van der Waals surface area (Å²) in [7, 11) is 1.60. The van der Waals surface area contributed by atoms with Gasteiger partial charge in [-0.1, -0.05) is 30.3 Å². The van der Waals surface area contributed by atoms with Crippen molar-refractivity contribution in [1.82, 2.24) is 0 Å². The highest BCUT2D eigenvalue weighted by molar-refractivity contribution is 5.46. The maximum atomic E-state index is 10.3. The van der Waals surface area contributed by atoms with Gasteiger partial charge in [0.25, 0.3) is 0 Å². The van der Waals surface area contributed by atoms with Gasteiger partial charge in [-0.15, -0.1) is 0 Å². The fourth-order valence-corrected chi connectivity index (χ4v) is 2.67. The van der Waals surface area contributed by atoms with Gasteiger partial charge in [0.15, 0.2) is 0 Å². The minimum atomic E-state index is -0.747. The molecule has 2 rings (SSSR count). The van der Waals surface area contributed by atoms with Crippen LogP contribution in [0.1, 0.15) is 37.0 Å². The van der Waals surface area contributed by atoms with Gasteiger partial charge in [0, 0.05) is 6.07 Å². The van der Waals surface area contributed by atoms with E-state index in [2.05, 4.69) is 12.1 Å². The van der Waals surface area contributed by atoms with Crippen molar-refractivity contribution in [2.75, 3.05) is 7.11 Å². The number of phenols is 1. The van der Waals surface area contributed by atoms with E-state index >= 15 is 0 Å². The first-order valence-electron chi connectivity index (χ1n) is 8.04. The summed E-state index contributed by atoms with van der Waals surface area (Å²) in [6, 6.07) is 13.9. The Bertz CT molecular complexity index is 627. The minimum Gasteiger partial charge on any atom is -0.508 e. The van der Waals surface area contributed by atoms with E-state index in [0.29, 0.717) is 18.6 Å². The van der Waals surface area contributed by atoms with Crippen LogP contribution in [0.5, 0.6) is 11.5 Å². The number of hydrogen-bond donors (Lipinski definition) is 2. The summed E-state index contributed by atoms with van der Waals surface area (Å²) >= 11 is 0. The largest absolute Gasteiger partial charge is 0.508 e. The third-order valence-electron chi connectivity index (χ3n) is 4.04. The summed E-state index contributed by atoms with van der Waals surface area (Å²) in [5, 5.41) is 20.3. The van der Waals surface area contributed by atoms with Crippen molar-refractivity contribution >= 4 is 0 Å². The summed E-state index contributed by atoms with van der Waals surface area (Å²) in [5.41, 5.74) is 2.50. The van der Waals surface area contributed by atoms with E-state index in [0.717, 1.165) is 24.0 Å². The SMILES string of the molecule is COc1cc(O)c(CCC(C)(C)O)c(CCc2ccccc2)c1. The highest BCUT2D eigenvalue weighted by Gasteiger charge is 2.17. The average molecular weight is 314 g/mol. The molecule has 0 unspecified atom stereocenters. The van der Waals surface area contributed by atoms with E-state index in [9.17, 15) is 10.2 Å². The van der Waals surface area contributed by atoms with Crippen molar-refractivity contribution in [3.05, 3.63) is 59.2 Å². The van der Waals surface area contributed by atoms with E-state index in [1.807, 2.05) is 24.3 Å². The van der Waals surface area contributed by atoms with Gasteiger partial charge < -0.3 is 14.9 Å². The molecule has 0 aliphatic rings. The van der Waals surface area contributed by atoms with Crippen molar-refractivity contribution in [2.24, 2.45) is 0 Å². The van der Waals surface area contributed by atoms with Crippen LogP contribution >= 0.6 is 0 Å². The van der Waals surface area contributed by atoms with E-state index in [-0.39, 0.29) is 5.75 Å². The summed E-state index contributed by atoms with van der Waals surface area (Å²) in [4.78, 5) is 0. The molecular formula is C20H26O3. The zero-order chi connectivity index (χ0) is 16.9. The standard InChI is InChI=1S/C20H26O3/c1-20(2,22)12-11-18-16(13-17(23-3)14-19(18)21)10-9-15-7-5-4-6-8-15/h4-8,13-14,21-22H,9-12H2,1-3H3. The first-order valence-corrected chi connectivity index (χ1v) is 8.04. The predicted molar refractivity (Wildman–Crippen MR) is 93.1 cm³/mol. The van der Waals surface area contributed by atoms with Gasteiger partial charge in [-0.3, -0.25) is 0 Å². The number of ether oxygens (including phenoxy) is 1. The topological polar surface area (TPSA) is 49.7 Å². The first kappa shape index (κ1) is 17.4. The molecule has 0 fully saturated rings.